The average Bonchev–Trinajstić information content (AvgIpc) is 2.48. The predicted molar refractivity (Wildman–Crippen MR) is 92.5 cm³/mol. The van der Waals surface area contributed by atoms with Crippen LogP contribution in [0.5, 0.6) is 0 Å². The minimum absolute atomic E-state index is 0.0332. The molecule has 22 heavy (non-hydrogen) atoms. The molecule has 0 spiro atoms. The zero-order chi connectivity index (χ0) is 15.7. The molecule has 112 valence electrons. The van der Waals surface area contributed by atoms with Crippen molar-refractivity contribution in [2.45, 2.75) is 27.3 Å². The van der Waals surface area contributed by atoms with Crippen LogP contribution in [-0.4, -0.2) is 4.98 Å². The van der Waals surface area contributed by atoms with E-state index in [0.29, 0.717) is 6.54 Å². The van der Waals surface area contributed by atoms with Gasteiger partial charge in [0.15, 0.2) is 0 Å². The van der Waals surface area contributed by atoms with Gasteiger partial charge >= 0.3 is 0 Å². The molecule has 1 heterocycles. The number of aryl methyl sites for hydroxylation is 3. The molecule has 0 saturated heterocycles. The van der Waals surface area contributed by atoms with Gasteiger partial charge in [-0.05, 0) is 61.5 Å². The molecule has 2 N–H and O–H groups in total. The van der Waals surface area contributed by atoms with Gasteiger partial charge in [0.05, 0.1) is 0 Å². The summed E-state index contributed by atoms with van der Waals surface area (Å²) in [5.41, 5.74) is 6.24. The fraction of sp³-hybridized carbons (Fsp3) is 0.211. The molecular formula is C19H20N2O. The Kier molecular flexibility index (Phi) is 3.72. The summed E-state index contributed by atoms with van der Waals surface area (Å²) in [5.74, 6) is 0. The Balaban J connectivity index is 1.92. The molecule has 3 nitrogen and oxygen atoms in total. The van der Waals surface area contributed by atoms with Crippen molar-refractivity contribution in [3.63, 3.8) is 0 Å². The van der Waals surface area contributed by atoms with Crippen LogP contribution < -0.4 is 10.9 Å². The lowest BCUT2D eigenvalue weighted by atomic mass is 10.1. The number of hydrogen-bond acceptors (Lipinski definition) is 2. The molecule has 0 radical (unpaired) electrons. The van der Waals surface area contributed by atoms with E-state index in [1.807, 2.05) is 18.2 Å². The summed E-state index contributed by atoms with van der Waals surface area (Å²) >= 11 is 0. The Bertz CT molecular complexity index is 894. The van der Waals surface area contributed by atoms with Crippen LogP contribution in [-0.2, 0) is 6.54 Å². The second-order valence-corrected chi connectivity index (χ2v) is 5.89. The molecule has 3 heteroatoms. The summed E-state index contributed by atoms with van der Waals surface area (Å²) < 4.78 is 0. The fourth-order valence-corrected chi connectivity index (χ4v) is 2.62. The minimum atomic E-state index is -0.0332. The molecule has 0 aliphatic carbocycles. The molecule has 0 unspecified atom stereocenters. The third kappa shape index (κ3) is 2.89. The SMILES string of the molecule is Cc1ccc(C)c(NCc2cc3cc(C)ccc3[nH]c2=O)c1. The molecule has 1 aromatic heterocycles. The predicted octanol–water partition coefficient (Wildman–Crippen LogP) is 4.07. The maximum Gasteiger partial charge on any atom is 0.253 e. The summed E-state index contributed by atoms with van der Waals surface area (Å²) in [4.78, 5) is 15.1. The highest BCUT2D eigenvalue weighted by Crippen LogP contribution is 2.18. The van der Waals surface area contributed by atoms with Crippen molar-refractivity contribution >= 4 is 16.6 Å². The number of nitrogens with one attached hydrogen (secondary N) is 2. The van der Waals surface area contributed by atoms with Crippen LogP contribution in [0.1, 0.15) is 22.3 Å². The van der Waals surface area contributed by atoms with Crippen molar-refractivity contribution in [1.29, 1.82) is 0 Å². The van der Waals surface area contributed by atoms with E-state index < -0.39 is 0 Å². The zero-order valence-electron chi connectivity index (χ0n) is 13.2. The standard InChI is InChI=1S/C19H20N2O/c1-12-5-7-17-15(8-12)10-16(19(22)21-17)11-20-18-9-13(2)4-6-14(18)3/h4-10,20H,11H2,1-3H3,(H,21,22). The van der Waals surface area contributed by atoms with Gasteiger partial charge in [0.2, 0.25) is 0 Å². The smallest absolute Gasteiger partial charge is 0.253 e. The van der Waals surface area contributed by atoms with Gasteiger partial charge < -0.3 is 10.3 Å². The van der Waals surface area contributed by atoms with Crippen LogP contribution >= 0.6 is 0 Å². The van der Waals surface area contributed by atoms with E-state index in [1.54, 1.807) is 0 Å². The topological polar surface area (TPSA) is 44.9 Å². The first-order valence-electron chi connectivity index (χ1n) is 7.46. The van der Waals surface area contributed by atoms with Crippen LogP contribution in [0.25, 0.3) is 10.9 Å². The highest BCUT2D eigenvalue weighted by Gasteiger charge is 2.05. The number of benzene rings is 2. The quantitative estimate of drug-likeness (QED) is 0.764. The highest BCUT2D eigenvalue weighted by atomic mass is 16.1. The zero-order valence-corrected chi connectivity index (χ0v) is 13.2. The number of H-pyrrole nitrogens is 1. The lowest BCUT2D eigenvalue weighted by Gasteiger charge is -2.11. The summed E-state index contributed by atoms with van der Waals surface area (Å²) in [6.45, 7) is 6.70. The van der Waals surface area contributed by atoms with Crippen molar-refractivity contribution in [2.75, 3.05) is 5.32 Å². The normalized spacial score (nSPS) is 10.9. The molecule has 0 atom stereocenters. The number of aromatic amines is 1. The lowest BCUT2D eigenvalue weighted by Crippen LogP contribution is -2.16. The van der Waals surface area contributed by atoms with Gasteiger partial charge in [0, 0.05) is 23.3 Å². The first-order chi connectivity index (χ1) is 10.5. The highest BCUT2D eigenvalue weighted by molar-refractivity contribution is 5.79. The molecule has 3 aromatic rings. The summed E-state index contributed by atoms with van der Waals surface area (Å²) in [6.07, 6.45) is 0. The Labute approximate surface area is 130 Å². The Morgan fingerprint density at radius 3 is 2.50 bits per heavy atom. The van der Waals surface area contributed by atoms with Gasteiger partial charge in [0.25, 0.3) is 5.56 Å². The van der Waals surface area contributed by atoms with Gasteiger partial charge in [-0.2, -0.15) is 0 Å². The van der Waals surface area contributed by atoms with Crippen molar-refractivity contribution in [3.8, 4) is 0 Å². The Hall–Kier alpha value is -2.55. The molecule has 0 aliphatic rings. The van der Waals surface area contributed by atoms with Gasteiger partial charge in [-0.25, -0.2) is 0 Å². The summed E-state index contributed by atoms with van der Waals surface area (Å²) in [7, 11) is 0. The Morgan fingerprint density at radius 1 is 0.955 bits per heavy atom. The van der Waals surface area contributed by atoms with Crippen LogP contribution in [0.3, 0.4) is 0 Å². The first-order valence-corrected chi connectivity index (χ1v) is 7.46. The van der Waals surface area contributed by atoms with Gasteiger partial charge in [-0.15, -0.1) is 0 Å². The van der Waals surface area contributed by atoms with Crippen LogP contribution in [0.4, 0.5) is 5.69 Å². The van der Waals surface area contributed by atoms with Gasteiger partial charge in [-0.3, -0.25) is 4.79 Å². The van der Waals surface area contributed by atoms with E-state index in [2.05, 4.69) is 55.3 Å². The van der Waals surface area contributed by atoms with Crippen LogP contribution in [0.2, 0.25) is 0 Å². The maximum absolute atomic E-state index is 12.2. The Morgan fingerprint density at radius 2 is 1.68 bits per heavy atom. The third-order valence-electron chi connectivity index (χ3n) is 3.94. The third-order valence-corrected chi connectivity index (χ3v) is 3.94. The molecule has 0 amide bonds. The van der Waals surface area contributed by atoms with Gasteiger partial charge in [-0.1, -0.05) is 23.8 Å². The van der Waals surface area contributed by atoms with Gasteiger partial charge in [0.1, 0.15) is 0 Å². The molecule has 3 rings (SSSR count). The molecule has 0 fully saturated rings. The van der Waals surface area contributed by atoms with Crippen molar-refractivity contribution < 1.29 is 0 Å². The van der Waals surface area contributed by atoms with Crippen molar-refractivity contribution in [2.24, 2.45) is 0 Å². The van der Waals surface area contributed by atoms with E-state index in [9.17, 15) is 4.79 Å². The second-order valence-electron chi connectivity index (χ2n) is 5.89. The average molecular weight is 292 g/mol. The number of pyridine rings is 1. The monoisotopic (exact) mass is 292 g/mol. The fourth-order valence-electron chi connectivity index (χ4n) is 2.62. The molecule has 0 saturated carbocycles. The van der Waals surface area contributed by atoms with E-state index in [-0.39, 0.29) is 5.56 Å². The number of rotatable bonds is 3. The number of anilines is 1. The number of hydrogen-bond donors (Lipinski definition) is 2. The van der Waals surface area contributed by atoms with E-state index in [4.69, 9.17) is 0 Å². The lowest BCUT2D eigenvalue weighted by molar-refractivity contribution is 1.08. The molecule has 0 bridgehead atoms. The number of fused-ring (bicyclic) bond motifs is 1. The first kappa shape index (κ1) is 14.4. The maximum atomic E-state index is 12.2. The van der Waals surface area contributed by atoms with Crippen LogP contribution in [0, 0.1) is 20.8 Å². The van der Waals surface area contributed by atoms with E-state index in [1.165, 1.54) is 16.7 Å². The molecule has 2 aromatic carbocycles. The minimum Gasteiger partial charge on any atom is -0.381 e. The second kappa shape index (κ2) is 5.68. The molecular weight excluding hydrogens is 272 g/mol. The number of aromatic nitrogens is 1. The van der Waals surface area contributed by atoms with E-state index >= 15 is 0 Å². The summed E-state index contributed by atoms with van der Waals surface area (Å²) in [5, 5.41) is 4.44. The van der Waals surface area contributed by atoms with Crippen LogP contribution in [0.15, 0.2) is 47.3 Å². The van der Waals surface area contributed by atoms with Crippen molar-refractivity contribution in [1.82, 2.24) is 4.98 Å². The van der Waals surface area contributed by atoms with E-state index in [0.717, 1.165) is 22.2 Å². The largest absolute Gasteiger partial charge is 0.381 e. The summed E-state index contributed by atoms with van der Waals surface area (Å²) in [6, 6.07) is 14.3. The van der Waals surface area contributed by atoms with Crippen molar-refractivity contribution in [3.05, 3.63) is 75.1 Å². The molecule has 0 aliphatic heterocycles.